The molecule has 2 aromatic rings. The summed E-state index contributed by atoms with van der Waals surface area (Å²) in [7, 11) is 0. The van der Waals surface area contributed by atoms with Crippen LogP contribution in [-0.4, -0.2) is 24.0 Å². The van der Waals surface area contributed by atoms with Crippen LogP contribution in [0.1, 0.15) is 10.4 Å². The smallest absolute Gasteiger partial charge is 0.430 e. The Kier molecular flexibility index (Phi) is 7.14. The van der Waals surface area contributed by atoms with E-state index in [1.54, 1.807) is 24.3 Å². The van der Waals surface area contributed by atoms with E-state index in [-0.39, 0.29) is 0 Å². The Labute approximate surface area is 146 Å². The summed E-state index contributed by atoms with van der Waals surface area (Å²) in [5, 5.41) is 11.7. The summed E-state index contributed by atoms with van der Waals surface area (Å²) >= 11 is 0. The molecule has 2 rings (SSSR count). The van der Waals surface area contributed by atoms with Crippen molar-refractivity contribution >= 4 is 29.2 Å². The molecular weight excluding hydrogens is 353 g/mol. The SMILES string of the molecule is NC(=O)c1cccc(NC(N)=[NH+]c2ccccc2)c1.O=C([O-])C(F)(F)F. The number of carboxylic acid groups (broad SMARTS) is 1. The van der Waals surface area contributed by atoms with E-state index in [1.807, 2.05) is 30.3 Å². The van der Waals surface area contributed by atoms with E-state index in [1.165, 1.54) is 0 Å². The predicted octanol–water partition coefficient (Wildman–Crippen LogP) is -0.777. The number of primary amides is 1. The zero-order valence-electron chi connectivity index (χ0n) is 13.2. The molecule has 0 saturated heterocycles. The number of guanidine groups is 1. The van der Waals surface area contributed by atoms with Gasteiger partial charge in [-0.15, -0.1) is 0 Å². The lowest BCUT2D eigenvalue weighted by molar-refractivity contribution is -0.354. The summed E-state index contributed by atoms with van der Waals surface area (Å²) in [5.74, 6) is -3.11. The molecule has 0 aromatic heterocycles. The number of aliphatic carboxylic acids is 1. The van der Waals surface area contributed by atoms with Gasteiger partial charge in [-0.25, -0.2) is 10.3 Å². The first-order valence-corrected chi connectivity index (χ1v) is 6.99. The van der Waals surface area contributed by atoms with E-state index >= 15 is 0 Å². The molecule has 0 bridgehead atoms. The first kappa shape index (κ1) is 20.5. The fourth-order valence-corrected chi connectivity index (χ4v) is 1.61. The molecule has 138 valence electrons. The van der Waals surface area contributed by atoms with Crippen LogP contribution in [0.4, 0.5) is 24.5 Å². The van der Waals surface area contributed by atoms with Crippen molar-refractivity contribution < 1.29 is 32.9 Å². The van der Waals surface area contributed by atoms with Crippen molar-refractivity contribution in [1.82, 2.24) is 0 Å². The fraction of sp³-hybridized carbons (Fsp3) is 0.0625. The van der Waals surface area contributed by atoms with Crippen LogP contribution in [-0.2, 0) is 4.79 Å². The maximum absolute atomic E-state index is 11.1. The van der Waals surface area contributed by atoms with Gasteiger partial charge in [0, 0.05) is 5.56 Å². The van der Waals surface area contributed by atoms with Crippen LogP contribution < -0.4 is 26.9 Å². The Morgan fingerprint density at radius 1 is 1.00 bits per heavy atom. The highest BCUT2D eigenvalue weighted by molar-refractivity contribution is 5.95. The summed E-state index contributed by atoms with van der Waals surface area (Å²) in [6.07, 6.45) is -5.19. The molecular formula is C16H15F3N4O3. The van der Waals surface area contributed by atoms with Gasteiger partial charge in [-0.2, -0.15) is 13.2 Å². The molecule has 0 saturated carbocycles. The second-order valence-electron chi connectivity index (χ2n) is 4.76. The molecule has 2 aromatic carbocycles. The van der Waals surface area contributed by atoms with E-state index < -0.39 is 18.1 Å². The van der Waals surface area contributed by atoms with Gasteiger partial charge < -0.3 is 15.6 Å². The number of hydrogen-bond acceptors (Lipinski definition) is 3. The van der Waals surface area contributed by atoms with Crippen LogP contribution in [0.5, 0.6) is 0 Å². The fourth-order valence-electron chi connectivity index (χ4n) is 1.61. The van der Waals surface area contributed by atoms with Gasteiger partial charge in [0.1, 0.15) is 5.97 Å². The summed E-state index contributed by atoms with van der Waals surface area (Å²) in [4.78, 5) is 22.9. The van der Waals surface area contributed by atoms with Crippen LogP contribution in [0.2, 0.25) is 0 Å². The highest BCUT2D eigenvalue weighted by Crippen LogP contribution is 2.11. The van der Waals surface area contributed by atoms with Crippen molar-refractivity contribution in [2.45, 2.75) is 6.18 Å². The molecule has 0 radical (unpaired) electrons. The van der Waals surface area contributed by atoms with E-state index in [0.717, 1.165) is 5.69 Å². The van der Waals surface area contributed by atoms with Gasteiger partial charge in [-0.3, -0.25) is 10.5 Å². The summed E-state index contributed by atoms with van der Waals surface area (Å²) in [6, 6.07) is 16.3. The van der Waals surface area contributed by atoms with E-state index in [9.17, 15) is 18.0 Å². The third-order valence-electron chi connectivity index (χ3n) is 2.71. The van der Waals surface area contributed by atoms with Crippen LogP contribution >= 0.6 is 0 Å². The minimum atomic E-state index is -5.19. The average molecular weight is 368 g/mol. The highest BCUT2D eigenvalue weighted by atomic mass is 19.4. The van der Waals surface area contributed by atoms with Crippen molar-refractivity contribution in [3.63, 3.8) is 0 Å². The molecule has 0 aliphatic carbocycles. The van der Waals surface area contributed by atoms with Crippen molar-refractivity contribution in [3.8, 4) is 0 Å². The topological polar surface area (TPSA) is 135 Å². The minimum absolute atomic E-state index is 0.368. The van der Waals surface area contributed by atoms with Gasteiger partial charge in [-0.1, -0.05) is 24.3 Å². The zero-order valence-corrected chi connectivity index (χ0v) is 13.2. The first-order chi connectivity index (χ1) is 12.1. The highest BCUT2D eigenvalue weighted by Gasteiger charge is 2.28. The Hall–Kier alpha value is -3.56. The summed E-state index contributed by atoms with van der Waals surface area (Å²) < 4.78 is 31.5. The molecule has 26 heavy (non-hydrogen) atoms. The molecule has 0 spiro atoms. The number of halogens is 3. The van der Waals surface area contributed by atoms with E-state index in [2.05, 4.69) is 10.3 Å². The predicted molar refractivity (Wildman–Crippen MR) is 85.9 cm³/mol. The molecule has 1 amide bonds. The molecule has 7 nitrogen and oxygen atoms in total. The van der Waals surface area contributed by atoms with Gasteiger partial charge in [0.25, 0.3) is 0 Å². The number of alkyl halides is 3. The van der Waals surface area contributed by atoms with Gasteiger partial charge in [0.2, 0.25) is 5.91 Å². The number of benzene rings is 2. The third-order valence-corrected chi connectivity index (χ3v) is 2.71. The Morgan fingerprint density at radius 2 is 1.58 bits per heavy atom. The summed E-state index contributed by atoms with van der Waals surface area (Å²) in [5.41, 5.74) is 13.1. The number of nitrogens with one attached hydrogen (secondary N) is 2. The largest absolute Gasteiger partial charge is 0.542 e. The molecule has 0 unspecified atom stereocenters. The standard InChI is InChI=1S/C14H14N4O.C2HF3O2/c15-13(19)10-5-4-8-12(9-10)18-14(16)17-11-6-2-1-3-7-11;3-2(4,5)1(6)7/h1-9H,(H2,15,19)(H3,16,17,18);(H,6,7). The quantitative estimate of drug-likeness (QED) is 0.416. The number of anilines is 1. The van der Waals surface area contributed by atoms with Gasteiger partial charge >= 0.3 is 12.1 Å². The van der Waals surface area contributed by atoms with Gasteiger partial charge in [-0.05, 0) is 30.3 Å². The van der Waals surface area contributed by atoms with Crippen molar-refractivity contribution in [2.24, 2.45) is 11.5 Å². The van der Waals surface area contributed by atoms with Crippen molar-refractivity contribution in [2.75, 3.05) is 5.32 Å². The molecule has 0 atom stereocenters. The third kappa shape index (κ3) is 7.34. The Balaban J connectivity index is 0.000000412. The second-order valence-corrected chi connectivity index (χ2v) is 4.76. The Bertz CT molecular complexity index is 793. The monoisotopic (exact) mass is 368 g/mol. The molecule has 0 heterocycles. The van der Waals surface area contributed by atoms with Crippen LogP contribution in [0.3, 0.4) is 0 Å². The van der Waals surface area contributed by atoms with E-state index in [0.29, 0.717) is 17.2 Å². The zero-order chi connectivity index (χ0) is 19.7. The van der Waals surface area contributed by atoms with Crippen molar-refractivity contribution in [3.05, 3.63) is 60.2 Å². The normalized spacial score (nSPS) is 11.1. The average Bonchev–Trinajstić information content (AvgIpc) is 2.55. The van der Waals surface area contributed by atoms with Crippen LogP contribution in [0, 0.1) is 0 Å². The number of nitrogens with two attached hydrogens (primary N) is 2. The number of carboxylic acids is 1. The molecule has 0 aliphatic heterocycles. The Morgan fingerprint density at radius 3 is 2.08 bits per heavy atom. The first-order valence-electron chi connectivity index (χ1n) is 6.99. The molecule has 0 fully saturated rings. The van der Waals surface area contributed by atoms with Gasteiger partial charge in [0.15, 0.2) is 0 Å². The number of para-hydroxylation sites is 1. The maximum Gasteiger partial charge on any atom is 0.430 e. The number of hydrogen-bond donors (Lipinski definition) is 4. The number of carbonyl (C=O) groups is 2. The van der Waals surface area contributed by atoms with Crippen LogP contribution in [0.15, 0.2) is 54.6 Å². The lowest BCUT2D eigenvalue weighted by atomic mass is 10.2. The number of rotatable bonds is 3. The van der Waals surface area contributed by atoms with Gasteiger partial charge in [0.05, 0.1) is 11.4 Å². The maximum atomic E-state index is 11.1. The van der Waals surface area contributed by atoms with E-state index in [4.69, 9.17) is 21.4 Å². The van der Waals surface area contributed by atoms with Crippen LogP contribution in [0.25, 0.3) is 0 Å². The number of amides is 1. The molecule has 6 N–H and O–H groups in total. The number of carbonyl (C=O) groups excluding carboxylic acids is 2. The molecule has 0 aliphatic rings. The second kappa shape index (κ2) is 9.06. The summed E-state index contributed by atoms with van der Waals surface area (Å²) in [6.45, 7) is 0. The molecule has 10 heteroatoms. The minimum Gasteiger partial charge on any atom is -0.542 e. The lowest BCUT2D eigenvalue weighted by Crippen LogP contribution is -2.71. The van der Waals surface area contributed by atoms with Crippen molar-refractivity contribution in [1.29, 1.82) is 0 Å². The lowest BCUT2D eigenvalue weighted by Gasteiger charge is -2.03.